The van der Waals surface area contributed by atoms with Gasteiger partial charge in [-0.25, -0.2) is 0 Å². The molecule has 7 nitrogen and oxygen atoms in total. The summed E-state index contributed by atoms with van der Waals surface area (Å²) in [5.74, 6) is 2.04. The normalized spacial score (nSPS) is 14.3. The number of nitrogens with zero attached hydrogens (tertiary/aromatic N) is 1. The Morgan fingerprint density at radius 3 is 2.33 bits per heavy atom. The number of benzene rings is 2. The van der Waals surface area contributed by atoms with Gasteiger partial charge in [-0.1, -0.05) is 32.9 Å². The molecule has 0 aromatic heterocycles. The Kier molecular flexibility index (Phi) is 5.98. The number of methoxy groups -OCH3 is 1. The van der Waals surface area contributed by atoms with Gasteiger partial charge in [-0.3, -0.25) is 10.1 Å². The molecular weight excluding hydrogens is 402 g/mol. The van der Waals surface area contributed by atoms with Crippen molar-refractivity contribution in [2.24, 2.45) is 0 Å². The fourth-order valence-electron chi connectivity index (χ4n) is 3.10. The molecule has 162 valence electrons. The van der Waals surface area contributed by atoms with Crippen molar-refractivity contribution in [1.82, 2.24) is 0 Å². The summed E-state index contributed by atoms with van der Waals surface area (Å²) in [5.41, 5.74) is 1.57. The van der Waals surface area contributed by atoms with Gasteiger partial charge in [0.05, 0.1) is 13.0 Å². The van der Waals surface area contributed by atoms with Gasteiger partial charge in [-0.15, -0.1) is 0 Å². The van der Waals surface area contributed by atoms with Crippen molar-refractivity contribution in [1.29, 1.82) is 0 Å². The first kappa shape index (κ1) is 22.0. The van der Waals surface area contributed by atoms with Crippen molar-refractivity contribution >= 4 is 8.32 Å². The van der Waals surface area contributed by atoms with Gasteiger partial charge in [0.2, 0.25) is 13.3 Å². The van der Waals surface area contributed by atoms with Crippen LogP contribution in [0.1, 0.15) is 37.8 Å². The molecule has 2 aromatic rings. The molecule has 0 aliphatic carbocycles. The van der Waals surface area contributed by atoms with Gasteiger partial charge in [0.15, 0.2) is 17.2 Å². The lowest BCUT2D eigenvalue weighted by atomic mass is 9.91. The van der Waals surface area contributed by atoms with Crippen LogP contribution in [0, 0.1) is 10.1 Å². The van der Waals surface area contributed by atoms with E-state index < -0.39 is 14.2 Å². The maximum Gasteiger partial charge on any atom is 0.250 e. The van der Waals surface area contributed by atoms with Crippen LogP contribution in [0.4, 0.5) is 0 Å². The Morgan fingerprint density at radius 1 is 1.07 bits per heavy atom. The lowest BCUT2D eigenvalue weighted by Gasteiger charge is -2.36. The summed E-state index contributed by atoms with van der Waals surface area (Å²) in [4.78, 5) is 11.1. The average molecular weight is 432 g/mol. The van der Waals surface area contributed by atoms with E-state index in [1.165, 1.54) is 0 Å². The molecular formula is C22H29NO6Si. The molecule has 1 atom stereocenters. The van der Waals surface area contributed by atoms with E-state index in [0.717, 1.165) is 11.1 Å². The Labute approximate surface area is 178 Å². The van der Waals surface area contributed by atoms with E-state index >= 15 is 0 Å². The molecule has 0 radical (unpaired) electrons. The van der Waals surface area contributed by atoms with Gasteiger partial charge < -0.3 is 18.6 Å². The summed E-state index contributed by atoms with van der Waals surface area (Å²) in [6.45, 7) is 10.8. The van der Waals surface area contributed by atoms with Crippen LogP contribution in [0.3, 0.4) is 0 Å². The predicted octanol–water partition coefficient (Wildman–Crippen LogP) is 5.22. The SMILES string of the molecule is COc1cc(C(C[N+](=O)[O-])c2ccc3c(c2)OCO3)ccc1O[Si](C)(C)C(C)(C)C. The van der Waals surface area contributed by atoms with Crippen molar-refractivity contribution in [3.63, 3.8) is 0 Å². The molecule has 0 spiro atoms. The van der Waals surface area contributed by atoms with Crippen LogP contribution in [-0.4, -0.2) is 33.7 Å². The van der Waals surface area contributed by atoms with Crippen molar-refractivity contribution in [2.75, 3.05) is 20.4 Å². The van der Waals surface area contributed by atoms with Crippen LogP contribution < -0.4 is 18.6 Å². The third-order valence-electron chi connectivity index (χ3n) is 5.89. The van der Waals surface area contributed by atoms with Crippen molar-refractivity contribution in [2.45, 2.75) is 44.8 Å². The summed E-state index contributed by atoms with van der Waals surface area (Å²) >= 11 is 0. The maximum absolute atomic E-state index is 11.4. The van der Waals surface area contributed by atoms with Gasteiger partial charge in [0.25, 0.3) is 8.32 Å². The van der Waals surface area contributed by atoms with Gasteiger partial charge in [0.1, 0.15) is 5.75 Å². The number of fused-ring (bicyclic) bond motifs is 1. The molecule has 1 aliphatic heterocycles. The second kappa shape index (κ2) is 8.18. The first-order chi connectivity index (χ1) is 14.0. The quantitative estimate of drug-likeness (QED) is 0.340. The van der Waals surface area contributed by atoms with E-state index in [1.54, 1.807) is 13.2 Å². The molecule has 8 heteroatoms. The minimum Gasteiger partial charge on any atom is -0.541 e. The van der Waals surface area contributed by atoms with E-state index in [4.69, 9.17) is 18.6 Å². The molecule has 2 aromatic carbocycles. The van der Waals surface area contributed by atoms with E-state index in [0.29, 0.717) is 23.0 Å². The highest BCUT2D eigenvalue weighted by molar-refractivity contribution is 6.74. The maximum atomic E-state index is 11.4. The molecule has 3 rings (SSSR count). The molecule has 1 heterocycles. The highest BCUT2D eigenvalue weighted by Crippen LogP contribution is 2.42. The van der Waals surface area contributed by atoms with Gasteiger partial charge >= 0.3 is 0 Å². The standard InChI is InChI=1S/C22H29NO6Si/c1-22(2,3)30(5,6)29-19-10-8-15(11-20(19)26-4)17(13-23(24)25)16-7-9-18-21(12-16)28-14-27-18/h7-12,17H,13-14H2,1-6H3. The highest BCUT2D eigenvalue weighted by Gasteiger charge is 2.39. The molecule has 0 amide bonds. The number of hydrogen-bond acceptors (Lipinski definition) is 6. The largest absolute Gasteiger partial charge is 0.541 e. The Bertz CT molecular complexity index is 938. The van der Waals surface area contributed by atoms with Crippen molar-refractivity contribution < 1.29 is 23.6 Å². The van der Waals surface area contributed by atoms with Crippen LogP contribution in [0.2, 0.25) is 18.1 Å². The van der Waals surface area contributed by atoms with Crippen LogP contribution >= 0.6 is 0 Å². The molecule has 1 unspecified atom stereocenters. The lowest BCUT2D eigenvalue weighted by Crippen LogP contribution is -2.43. The minimum absolute atomic E-state index is 0.0390. The van der Waals surface area contributed by atoms with Gasteiger partial charge in [0, 0.05) is 4.92 Å². The second-order valence-corrected chi connectivity index (χ2v) is 13.7. The first-order valence-electron chi connectivity index (χ1n) is 9.90. The first-order valence-corrected chi connectivity index (χ1v) is 12.8. The van der Waals surface area contributed by atoms with Gasteiger partial charge in [-0.2, -0.15) is 0 Å². The average Bonchev–Trinajstić information content (AvgIpc) is 3.13. The van der Waals surface area contributed by atoms with E-state index in [1.807, 2.05) is 30.3 Å². The zero-order valence-electron chi connectivity index (χ0n) is 18.4. The third-order valence-corrected chi connectivity index (χ3v) is 10.2. The summed E-state index contributed by atoms with van der Waals surface area (Å²) in [5, 5.41) is 11.4. The van der Waals surface area contributed by atoms with Crippen LogP contribution in [-0.2, 0) is 0 Å². The highest BCUT2D eigenvalue weighted by atomic mass is 28.4. The summed E-state index contributed by atoms with van der Waals surface area (Å²) in [6, 6.07) is 11.0. The van der Waals surface area contributed by atoms with E-state index in [2.05, 4.69) is 33.9 Å². The fraction of sp³-hybridized carbons (Fsp3) is 0.455. The molecule has 0 saturated carbocycles. The Hall–Kier alpha value is -2.74. The van der Waals surface area contributed by atoms with Crippen LogP contribution in [0.15, 0.2) is 36.4 Å². The predicted molar refractivity (Wildman–Crippen MR) is 117 cm³/mol. The van der Waals surface area contributed by atoms with Crippen molar-refractivity contribution in [3.8, 4) is 23.0 Å². The number of ether oxygens (including phenoxy) is 3. The molecule has 0 N–H and O–H groups in total. The molecule has 30 heavy (non-hydrogen) atoms. The summed E-state index contributed by atoms with van der Waals surface area (Å²) in [7, 11) is -0.474. The fourth-order valence-corrected chi connectivity index (χ4v) is 4.12. The molecule has 0 bridgehead atoms. The second-order valence-electron chi connectivity index (χ2n) is 8.95. The van der Waals surface area contributed by atoms with Crippen LogP contribution in [0.5, 0.6) is 23.0 Å². The zero-order chi connectivity index (χ0) is 22.1. The number of nitro groups is 1. The summed E-state index contributed by atoms with van der Waals surface area (Å²) in [6.07, 6.45) is 0. The number of rotatable bonds is 7. The lowest BCUT2D eigenvalue weighted by molar-refractivity contribution is -0.481. The topological polar surface area (TPSA) is 80.1 Å². The molecule has 0 saturated heterocycles. The van der Waals surface area contributed by atoms with Gasteiger partial charge in [-0.05, 0) is 53.5 Å². The van der Waals surface area contributed by atoms with E-state index in [-0.39, 0.29) is 23.3 Å². The number of hydrogen-bond donors (Lipinski definition) is 0. The Balaban J connectivity index is 1.97. The molecule has 1 aliphatic rings. The van der Waals surface area contributed by atoms with Crippen molar-refractivity contribution in [3.05, 3.63) is 57.6 Å². The minimum atomic E-state index is -2.06. The third kappa shape index (κ3) is 4.53. The smallest absolute Gasteiger partial charge is 0.250 e. The monoisotopic (exact) mass is 431 g/mol. The Morgan fingerprint density at radius 2 is 1.70 bits per heavy atom. The summed E-state index contributed by atoms with van der Waals surface area (Å²) < 4.78 is 22.8. The zero-order valence-corrected chi connectivity index (χ0v) is 19.4. The van der Waals surface area contributed by atoms with E-state index in [9.17, 15) is 10.1 Å². The van der Waals surface area contributed by atoms with Crippen LogP contribution in [0.25, 0.3) is 0 Å². The molecule has 0 fully saturated rings.